The molecule has 1 saturated heterocycles. The summed E-state index contributed by atoms with van der Waals surface area (Å²) in [6, 6.07) is 16.3. The van der Waals surface area contributed by atoms with E-state index >= 15 is 0 Å². The third-order valence-corrected chi connectivity index (χ3v) is 8.11. The SMILES string of the molecule is CCC[C@@H]1CCCCN1C(=O)c1cccc(-c2cccc(-n3ncc(C(=O)OC)c3CC(C)c3cnn(C)c3)c2)c1. The van der Waals surface area contributed by atoms with Gasteiger partial charge in [-0.15, -0.1) is 0 Å². The summed E-state index contributed by atoms with van der Waals surface area (Å²) in [5.41, 5.74) is 5.80. The van der Waals surface area contributed by atoms with Crippen molar-refractivity contribution >= 4 is 11.9 Å². The summed E-state index contributed by atoms with van der Waals surface area (Å²) in [5.74, 6) is -0.187. The van der Waals surface area contributed by atoms with Crippen LogP contribution < -0.4 is 0 Å². The number of nitrogens with zero attached hydrogens (tertiary/aromatic N) is 5. The number of methoxy groups -OCH3 is 1. The number of aromatic nitrogens is 4. The molecule has 1 aliphatic heterocycles. The van der Waals surface area contributed by atoms with Crippen LogP contribution in [0.2, 0.25) is 0 Å². The smallest absolute Gasteiger partial charge is 0.341 e. The molecule has 4 aromatic rings. The molecule has 1 amide bonds. The number of aryl methyl sites for hydroxylation is 1. The Morgan fingerprint density at radius 3 is 2.56 bits per heavy atom. The molecule has 0 saturated carbocycles. The molecule has 2 aromatic heterocycles. The second-order valence-electron chi connectivity index (χ2n) is 11.0. The first-order valence-electron chi connectivity index (χ1n) is 14.5. The number of piperidine rings is 1. The average molecular weight is 554 g/mol. The zero-order chi connectivity index (χ0) is 28.9. The van der Waals surface area contributed by atoms with Crippen LogP contribution in [0, 0.1) is 0 Å². The molecule has 3 heterocycles. The van der Waals surface area contributed by atoms with Gasteiger partial charge in [0.1, 0.15) is 5.56 Å². The van der Waals surface area contributed by atoms with Gasteiger partial charge in [-0.3, -0.25) is 9.48 Å². The first-order chi connectivity index (χ1) is 19.9. The first-order valence-corrected chi connectivity index (χ1v) is 14.5. The van der Waals surface area contributed by atoms with Crippen molar-refractivity contribution in [1.82, 2.24) is 24.5 Å². The van der Waals surface area contributed by atoms with Crippen LogP contribution in [0.25, 0.3) is 16.8 Å². The van der Waals surface area contributed by atoms with Gasteiger partial charge in [0.2, 0.25) is 0 Å². The molecule has 1 unspecified atom stereocenters. The Kier molecular flexibility index (Phi) is 8.67. The van der Waals surface area contributed by atoms with Crippen LogP contribution >= 0.6 is 0 Å². The Labute approximate surface area is 241 Å². The summed E-state index contributed by atoms with van der Waals surface area (Å²) >= 11 is 0. The van der Waals surface area contributed by atoms with Gasteiger partial charge in [0.05, 0.1) is 30.9 Å². The fraction of sp³-hybridized carbons (Fsp3) is 0.394. The maximum atomic E-state index is 13.6. The van der Waals surface area contributed by atoms with E-state index in [1.165, 1.54) is 13.5 Å². The summed E-state index contributed by atoms with van der Waals surface area (Å²) < 4.78 is 8.67. The Balaban J connectivity index is 1.46. The molecule has 0 spiro atoms. The molecule has 8 heteroatoms. The topological polar surface area (TPSA) is 82.2 Å². The monoisotopic (exact) mass is 553 g/mol. The normalized spacial score (nSPS) is 16.0. The highest BCUT2D eigenvalue weighted by molar-refractivity contribution is 5.96. The zero-order valence-electron chi connectivity index (χ0n) is 24.4. The van der Waals surface area contributed by atoms with E-state index in [-0.39, 0.29) is 11.8 Å². The third kappa shape index (κ3) is 6.11. The molecule has 5 rings (SSSR count). The number of rotatable bonds is 9. The standard InChI is InChI=1S/C33H39N5O3/c1-5-10-28-14-6-7-16-37(28)32(39)26-13-8-11-24(18-26)25-12-9-15-29(19-25)38-31(30(21-35-38)33(40)41-4)17-23(2)27-20-34-36(3)22-27/h8-9,11-13,15,18-23,28H,5-7,10,14,16-17H2,1-4H3/t23?,28-/m1/s1. The minimum atomic E-state index is -0.411. The fourth-order valence-electron chi connectivity index (χ4n) is 5.89. The van der Waals surface area contributed by atoms with Gasteiger partial charge in [-0.2, -0.15) is 10.2 Å². The lowest BCUT2D eigenvalue weighted by Crippen LogP contribution is -2.43. The van der Waals surface area contributed by atoms with E-state index in [0.29, 0.717) is 23.6 Å². The summed E-state index contributed by atoms with van der Waals surface area (Å²) in [4.78, 5) is 28.3. The van der Waals surface area contributed by atoms with Crippen LogP contribution in [-0.2, 0) is 18.2 Å². The van der Waals surface area contributed by atoms with Crippen molar-refractivity contribution in [1.29, 1.82) is 0 Å². The van der Waals surface area contributed by atoms with Gasteiger partial charge < -0.3 is 9.64 Å². The van der Waals surface area contributed by atoms with Crippen molar-refractivity contribution in [3.8, 4) is 16.8 Å². The summed E-state index contributed by atoms with van der Waals surface area (Å²) in [6.45, 7) is 5.12. The van der Waals surface area contributed by atoms with E-state index in [1.54, 1.807) is 10.9 Å². The summed E-state index contributed by atoms with van der Waals surface area (Å²) in [5, 5.41) is 8.91. The number of likely N-dealkylation sites (tertiary alicyclic amines) is 1. The van der Waals surface area contributed by atoms with Gasteiger partial charge in [-0.1, -0.05) is 44.5 Å². The Morgan fingerprint density at radius 1 is 1.05 bits per heavy atom. The number of esters is 1. The molecule has 1 aliphatic rings. The molecule has 0 N–H and O–H groups in total. The fourth-order valence-corrected chi connectivity index (χ4v) is 5.89. The maximum Gasteiger partial charge on any atom is 0.341 e. The predicted octanol–water partition coefficient (Wildman–Crippen LogP) is 6.20. The number of ether oxygens (including phenoxy) is 1. The molecule has 1 fully saturated rings. The maximum absolute atomic E-state index is 13.6. The van der Waals surface area contributed by atoms with Crippen molar-refractivity contribution in [2.75, 3.05) is 13.7 Å². The van der Waals surface area contributed by atoms with E-state index in [1.807, 2.05) is 66.6 Å². The molecule has 214 valence electrons. The lowest BCUT2D eigenvalue weighted by molar-refractivity contribution is 0.0592. The molecular weight excluding hydrogens is 514 g/mol. The summed E-state index contributed by atoms with van der Waals surface area (Å²) in [6.07, 6.45) is 11.5. The van der Waals surface area contributed by atoms with Gasteiger partial charge in [0.15, 0.2) is 0 Å². The van der Waals surface area contributed by atoms with Gasteiger partial charge in [-0.25, -0.2) is 9.48 Å². The molecule has 8 nitrogen and oxygen atoms in total. The van der Waals surface area contributed by atoms with Crippen molar-refractivity contribution in [3.05, 3.63) is 89.5 Å². The average Bonchev–Trinajstić information content (AvgIpc) is 3.63. The first kappa shape index (κ1) is 28.3. The van der Waals surface area contributed by atoms with Crippen LogP contribution in [0.4, 0.5) is 0 Å². The molecule has 2 atom stereocenters. The minimum Gasteiger partial charge on any atom is -0.465 e. The lowest BCUT2D eigenvalue weighted by atomic mass is 9.96. The quantitative estimate of drug-likeness (QED) is 0.231. The largest absolute Gasteiger partial charge is 0.465 e. The number of carbonyl (C=O) groups excluding carboxylic acids is 2. The van der Waals surface area contributed by atoms with E-state index < -0.39 is 5.97 Å². The molecular formula is C33H39N5O3. The number of hydrogen-bond acceptors (Lipinski definition) is 5. The van der Waals surface area contributed by atoms with Crippen LogP contribution in [0.1, 0.15) is 83.8 Å². The van der Waals surface area contributed by atoms with Crippen LogP contribution in [0.5, 0.6) is 0 Å². The minimum absolute atomic E-state index is 0.111. The van der Waals surface area contributed by atoms with Gasteiger partial charge in [0, 0.05) is 31.4 Å². The number of hydrogen-bond donors (Lipinski definition) is 0. The molecule has 41 heavy (non-hydrogen) atoms. The van der Waals surface area contributed by atoms with Gasteiger partial charge >= 0.3 is 5.97 Å². The second kappa shape index (κ2) is 12.5. The van der Waals surface area contributed by atoms with Gasteiger partial charge in [0.25, 0.3) is 5.91 Å². The lowest BCUT2D eigenvalue weighted by Gasteiger charge is -2.36. The Morgan fingerprint density at radius 2 is 1.83 bits per heavy atom. The highest BCUT2D eigenvalue weighted by Crippen LogP contribution is 2.29. The highest BCUT2D eigenvalue weighted by atomic mass is 16.5. The van der Waals surface area contributed by atoms with Crippen LogP contribution in [-0.4, -0.2) is 56.0 Å². The van der Waals surface area contributed by atoms with Crippen LogP contribution in [0.3, 0.4) is 0 Å². The zero-order valence-corrected chi connectivity index (χ0v) is 24.4. The van der Waals surface area contributed by atoms with Crippen molar-refractivity contribution in [2.45, 2.75) is 64.3 Å². The highest BCUT2D eigenvalue weighted by Gasteiger charge is 2.27. The molecule has 0 radical (unpaired) electrons. The molecule has 0 bridgehead atoms. The Hall–Kier alpha value is -4.20. The van der Waals surface area contributed by atoms with Crippen LogP contribution in [0.15, 0.2) is 67.1 Å². The second-order valence-corrected chi connectivity index (χ2v) is 11.0. The van der Waals surface area contributed by atoms with Crippen molar-refractivity contribution < 1.29 is 14.3 Å². The third-order valence-electron chi connectivity index (χ3n) is 8.11. The molecule has 2 aromatic carbocycles. The Bertz CT molecular complexity index is 1520. The van der Waals surface area contributed by atoms with E-state index in [0.717, 1.165) is 60.3 Å². The van der Waals surface area contributed by atoms with Crippen molar-refractivity contribution in [3.63, 3.8) is 0 Å². The van der Waals surface area contributed by atoms with E-state index in [4.69, 9.17) is 4.74 Å². The predicted molar refractivity (Wildman–Crippen MR) is 159 cm³/mol. The van der Waals surface area contributed by atoms with E-state index in [2.05, 4.69) is 35.0 Å². The summed E-state index contributed by atoms with van der Waals surface area (Å²) in [7, 11) is 3.28. The number of carbonyl (C=O) groups is 2. The van der Waals surface area contributed by atoms with Crippen molar-refractivity contribution in [2.24, 2.45) is 7.05 Å². The van der Waals surface area contributed by atoms with Gasteiger partial charge in [-0.05, 0) is 79.0 Å². The van der Waals surface area contributed by atoms with E-state index in [9.17, 15) is 9.59 Å². The molecule has 0 aliphatic carbocycles. The number of amides is 1. The number of benzene rings is 2.